The molecule has 0 spiro atoms. The Kier molecular flexibility index (Phi) is 13.5. The molecule has 1 aliphatic heterocycles. The van der Waals surface area contributed by atoms with E-state index in [1.807, 2.05) is 54.6 Å². The van der Waals surface area contributed by atoms with Gasteiger partial charge in [-0.05, 0) is 81.7 Å². The molecule has 3 atom stereocenters. The van der Waals surface area contributed by atoms with Crippen molar-refractivity contribution < 1.29 is 19.1 Å². The van der Waals surface area contributed by atoms with E-state index in [9.17, 15) is 14.4 Å². The topological polar surface area (TPSA) is 182 Å². The molecule has 0 aliphatic carbocycles. The summed E-state index contributed by atoms with van der Waals surface area (Å²) in [6.45, 7) is 7.60. The lowest BCUT2D eigenvalue weighted by Crippen LogP contribution is -2.42. The fourth-order valence-electron chi connectivity index (χ4n) is 7.63. The first-order chi connectivity index (χ1) is 28.1. The summed E-state index contributed by atoms with van der Waals surface area (Å²) >= 11 is 3.56. The number of nitrogens with one attached hydrogen (secondary N) is 4. The Morgan fingerprint density at radius 2 is 1.86 bits per heavy atom. The first-order valence-electron chi connectivity index (χ1n) is 20.3. The van der Waals surface area contributed by atoms with Crippen molar-refractivity contribution in [2.75, 3.05) is 24.2 Å². The van der Waals surface area contributed by atoms with Gasteiger partial charge in [-0.25, -0.2) is 19.7 Å². The summed E-state index contributed by atoms with van der Waals surface area (Å²) in [7, 11) is 0. The summed E-state index contributed by atoms with van der Waals surface area (Å²) in [5.41, 5.74) is 9.90. The maximum absolute atomic E-state index is 12.8. The van der Waals surface area contributed by atoms with E-state index in [0.29, 0.717) is 67.3 Å². The number of anilines is 1. The van der Waals surface area contributed by atoms with Gasteiger partial charge >= 0.3 is 12.0 Å². The van der Waals surface area contributed by atoms with Gasteiger partial charge in [-0.15, -0.1) is 11.3 Å². The Balaban J connectivity index is 0.845. The van der Waals surface area contributed by atoms with Crippen LogP contribution in [0.3, 0.4) is 0 Å². The predicted octanol–water partition coefficient (Wildman–Crippen LogP) is 8.36. The van der Waals surface area contributed by atoms with Crippen molar-refractivity contribution in [3.63, 3.8) is 0 Å². The highest BCUT2D eigenvalue weighted by molar-refractivity contribution is 8.00. The number of nitrogens with two attached hydrogens (primary N) is 1. The van der Waals surface area contributed by atoms with Gasteiger partial charge in [0.2, 0.25) is 5.91 Å². The quantitative estimate of drug-likeness (QED) is 0.0305. The van der Waals surface area contributed by atoms with Gasteiger partial charge in [-0.2, -0.15) is 11.8 Å². The third kappa shape index (κ3) is 9.92. The molecule has 3 amide bonds. The van der Waals surface area contributed by atoms with Crippen LogP contribution in [0.1, 0.15) is 83.7 Å². The molecule has 0 bridgehead atoms. The molecule has 1 aliphatic rings. The van der Waals surface area contributed by atoms with Crippen LogP contribution in [0.25, 0.3) is 43.5 Å². The van der Waals surface area contributed by atoms with E-state index in [-0.39, 0.29) is 24.0 Å². The number of hydrogen-bond acceptors (Lipinski definition) is 10. The number of imidazole rings is 1. The molecule has 0 radical (unpaired) electrons. The second kappa shape index (κ2) is 19.1. The SMILES string of the molecule is CC(C)n1cnc2c(NCCc3c[nH]c4ccc(OC(=O)CCCCCNC(=O)CCCC[C@@H]5SC[C@H](NC(N)=O)[C@@H]5C)cc34)nc(-c3csc4ccccc34)nc21. The third-order valence-corrected chi connectivity index (χ3v) is 13.5. The molecular formula is C43H53N9O4S2. The maximum atomic E-state index is 12.8. The van der Waals surface area contributed by atoms with Crippen molar-refractivity contribution in [3.8, 4) is 17.1 Å². The highest BCUT2D eigenvalue weighted by Crippen LogP contribution is 2.36. The van der Waals surface area contributed by atoms with Crippen LogP contribution in [-0.4, -0.2) is 72.5 Å². The molecule has 7 rings (SSSR count). The second-order valence-corrected chi connectivity index (χ2v) is 17.6. The molecule has 58 heavy (non-hydrogen) atoms. The Morgan fingerprint density at radius 1 is 1.02 bits per heavy atom. The number of thioether (sulfide) groups is 1. The number of nitrogens with zero attached hydrogens (tertiary/aromatic N) is 4. The van der Waals surface area contributed by atoms with E-state index in [1.54, 1.807) is 11.3 Å². The molecule has 306 valence electrons. The predicted molar refractivity (Wildman–Crippen MR) is 235 cm³/mol. The monoisotopic (exact) mass is 823 g/mol. The van der Waals surface area contributed by atoms with Crippen molar-refractivity contribution in [2.45, 2.75) is 95.9 Å². The average Bonchev–Trinajstić information content (AvgIpc) is 4.00. The molecule has 6 aromatic rings. The Hall–Kier alpha value is -5.15. The van der Waals surface area contributed by atoms with Gasteiger partial charge in [-0.1, -0.05) is 38.0 Å². The zero-order chi connectivity index (χ0) is 40.6. The van der Waals surface area contributed by atoms with Crippen molar-refractivity contribution in [1.29, 1.82) is 0 Å². The zero-order valence-corrected chi connectivity index (χ0v) is 35.0. The molecule has 4 aromatic heterocycles. The van der Waals surface area contributed by atoms with Gasteiger partial charge in [0.05, 0.1) is 6.33 Å². The van der Waals surface area contributed by atoms with Crippen LogP contribution in [0.2, 0.25) is 0 Å². The largest absolute Gasteiger partial charge is 0.427 e. The van der Waals surface area contributed by atoms with Gasteiger partial charge < -0.3 is 36.0 Å². The fraction of sp³-hybridized carbons (Fsp3) is 0.442. The fourth-order valence-corrected chi connectivity index (χ4v) is 10.2. The Morgan fingerprint density at radius 3 is 2.71 bits per heavy atom. The number of benzene rings is 2. The Labute approximate surface area is 346 Å². The normalized spacial score (nSPS) is 16.7. The first kappa shape index (κ1) is 41.0. The number of ether oxygens (including phenoxy) is 1. The minimum absolute atomic E-state index is 0.0665. The van der Waals surface area contributed by atoms with E-state index in [1.165, 1.54) is 4.70 Å². The maximum Gasteiger partial charge on any atom is 0.312 e. The standard InChI is InChI=1S/C43H53N9O4S2/c1-26(2)52-25-48-39-41(50-40(51-42(39)52)32-23-57-36-13-7-6-11-30(32)36)46-20-18-28-22-47-33-17-16-29(21-31(28)33)56-38(54)15-5-4-10-19-45-37(53)14-9-8-12-35-27(3)34(24-58-35)49-43(44)55/h6-7,11,13,16-17,21-23,25-27,34-35,47H,4-5,8-10,12,14-15,18-20,24H2,1-3H3,(H,45,53)(H3,44,49,55)(H,46,50,51)/t27-,34-,35-/m0/s1. The smallest absolute Gasteiger partial charge is 0.312 e. The molecule has 0 unspecified atom stereocenters. The number of fused-ring (bicyclic) bond motifs is 3. The van der Waals surface area contributed by atoms with E-state index in [2.05, 4.69) is 63.8 Å². The van der Waals surface area contributed by atoms with Gasteiger partial charge in [0.15, 0.2) is 17.3 Å². The molecule has 15 heteroatoms. The highest BCUT2D eigenvalue weighted by Gasteiger charge is 2.33. The van der Waals surface area contributed by atoms with Gasteiger partial charge in [0.1, 0.15) is 11.3 Å². The van der Waals surface area contributed by atoms with Crippen molar-refractivity contribution in [1.82, 2.24) is 35.1 Å². The number of urea groups is 1. The van der Waals surface area contributed by atoms with E-state index in [4.69, 9.17) is 25.4 Å². The van der Waals surface area contributed by atoms with E-state index in [0.717, 1.165) is 76.4 Å². The van der Waals surface area contributed by atoms with Gasteiger partial charge in [-0.3, -0.25) is 9.59 Å². The number of carbonyl (C=O) groups excluding carboxylic acids is 3. The van der Waals surface area contributed by atoms with Gasteiger partial charge in [0, 0.05) is 87.1 Å². The summed E-state index contributed by atoms with van der Waals surface area (Å²) in [5, 5.41) is 14.1. The molecule has 0 saturated carbocycles. The number of primary amides is 1. The number of H-pyrrole nitrogens is 1. The minimum Gasteiger partial charge on any atom is -0.427 e. The zero-order valence-electron chi connectivity index (χ0n) is 33.4. The summed E-state index contributed by atoms with van der Waals surface area (Å²) < 4.78 is 9.02. The van der Waals surface area contributed by atoms with Crippen LogP contribution in [-0.2, 0) is 16.0 Å². The summed E-state index contributed by atoms with van der Waals surface area (Å²) in [6.07, 6.45) is 10.5. The van der Waals surface area contributed by atoms with Crippen LogP contribution in [0, 0.1) is 5.92 Å². The van der Waals surface area contributed by atoms with E-state index >= 15 is 0 Å². The molecule has 5 heterocycles. The van der Waals surface area contributed by atoms with E-state index < -0.39 is 6.03 Å². The lowest BCUT2D eigenvalue weighted by atomic mass is 9.96. The Bertz CT molecular complexity index is 2370. The highest BCUT2D eigenvalue weighted by atomic mass is 32.2. The lowest BCUT2D eigenvalue weighted by molar-refractivity contribution is -0.134. The summed E-state index contributed by atoms with van der Waals surface area (Å²) in [5.74, 6) is 2.94. The summed E-state index contributed by atoms with van der Waals surface area (Å²) in [4.78, 5) is 54.3. The molecule has 6 N–H and O–H groups in total. The van der Waals surface area contributed by atoms with Crippen molar-refractivity contribution in [2.24, 2.45) is 11.7 Å². The third-order valence-electron chi connectivity index (χ3n) is 10.9. The lowest BCUT2D eigenvalue weighted by Gasteiger charge is -2.19. The number of aromatic amines is 1. The number of esters is 1. The van der Waals surface area contributed by atoms with Crippen LogP contribution < -0.4 is 26.4 Å². The van der Waals surface area contributed by atoms with Crippen molar-refractivity contribution >= 4 is 79.0 Å². The number of hydrogen-bond donors (Lipinski definition) is 5. The molecule has 2 aromatic carbocycles. The van der Waals surface area contributed by atoms with Crippen LogP contribution >= 0.6 is 23.1 Å². The second-order valence-electron chi connectivity index (χ2n) is 15.4. The van der Waals surface area contributed by atoms with Crippen LogP contribution in [0.5, 0.6) is 5.75 Å². The number of unbranched alkanes of at least 4 members (excludes halogenated alkanes) is 3. The number of amides is 3. The molecule has 1 saturated heterocycles. The summed E-state index contributed by atoms with van der Waals surface area (Å²) in [6, 6.07) is 13.8. The number of thiophene rings is 1. The first-order valence-corrected chi connectivity index (χ1v) is 22.3. The minimum atomic E-state index is -0.466. The molecular weight excluding hydrogens is 771 g/mol. The van der Waals surface area contributed by atoms with Crippen LogP contribution in [0.15, 0.2) is 60.4 Å². The number of rotatable bonds is 19. The van der Waals surface area contributed by atoms with Crippen LogP contribution in [0.4, 0.5) is 10.6 Å². The molecule has 1 fully saturated rings. The average molecular weight is 824 g/mol. The molecule has 13 nitrogen and oxygen atoms in total. The van der Waals surface area contributed by atoms with Gasteiger partial charge in [0.25, 0.3) is 0 Å². The number of aromatic nitrogens is 5. The number of carbonyl (C=O) groups is 3. The van der Waals surface area contributed by atoms with Crippen molar-refractivity contribution in [3.05, 3.63) is 65.9 Å².